The summed E-state index contributed by atoms with van der Waals surface area (Å²) in [5.41, 5.74) is 7.17. The Morgan fingerprint density at radius 2 is 1.48 bits per heavy atom. The maximum absolute atomic E-state index is 13.4. The third-order valence-electron chi connectivity index (χ3n) is 5.38. The van der Waals surface area contributed by atoms with Crippen LogP contribution in [0, 0.1) is 5.82 Å². The van der Waals surface area contributed by atoms with Crippen molar-refractivity contribution in [2.24, 2.45) is 0 Å². The van der Waals surface area contributed by atoms with E-state index in [4.69, 9.17) is 0 Å². The van der Waals surface area contributed by atoms with Crippen molar-refractivity contribution >= 4 is 21.8 Å². The number of aromatic nitrogens is 6. The van der Waals surface area contributed by atoms with E-state index in [-0.39, 0.29) is 5.82 Å². The second-order valence-electron chi connectivity index (χ2n) is 7.27. The molecule has 148 valence electrons. The van der Waals surface area contributed by atoms with E-state index in [9.17, 15) is 4.39 Å². The van der Waals surface area contributed by atoms with E-state index in [0.29, 0.717) is 0 Å². The van der Waals surface area contributed by atoms with Gasteiger partial charge in [0, 0.05) is 46.0 Å². The van der Waals surface area contributed by atoms with Crippen molar-refractivity contribution in [2.75, 3.05) is 0 Å². The minimum atomic E-state index is -0.270. The summed E-state index contributed by atoms with van der Waals surface area (Å²) < 4.78 is 13.4. The molecule has 0 atom stereocenters. The normalized spacial score (nSPS) is 11.4. The van der Waals surface area contributed by atoms with Crippen molar-refractivity contribution in [3.63, 3.8) is 0 Å². The van der Waals surface area contributed by atoms with Crippen LogP contribution in [0.25, 0.3) is 55.6 Å². The van der Waals surface area contributed by atoms with Gasteiger partial charge in [0.15, 0.2) is 0 Å². The van der Waals surface area contributed by atoms with Gasteiger partial charge in [0.2, 0.25) is 0 Å². The van der Waals surface area contributed by atoms with Crippen LogP contribution in [0.2, 0.25) is 0 Å². The number of hydrogen-bond acceptors (Lipinski definition) is 4. The molecular weight excluding hydrogens is 391 g/mol. The summed E-state index contributed by atoms with van der Waals surface area (Å²) >= 11 is 0. The van der Waals surface area contributed by atoms with Gasteiger partial charge in [-0.3, -0.25) is 10.1 Å². The summed E-state index contributed by atoms with van der Waals surface area (Å²) in [6.07, 6.45) is 6.84. The Balaban J connectivity index is 1.51. The fourth-order valence-corrected chi connectivity index (χ4v) is 3.87. The van der Waals surface area contributed by atoms with Crippen molar-refractivity contribution in [2.45, 2.75) is 0 Å². The van der Waals surface area contributed by atoms with E-state index in [2.05, 4.69) is 36.2 Å². The van der Waals surface area contributed by atoms with Gasteiger partial charge >= 0.3 is 0 Å². The van der Waals surface area contributed by atoms with Crippen molar-refractivity contribution in [3.8, 4) is 33.8 Å². The summed E-state index contributed by atoms with van der Waals surface area (Å²) in [6, 6.07) is 16.4. The van der Waals surface area contributed by atoms with Crippen LogP contribution in [0.4, 0.5) is 4.39 Å². The number of rotatable bonds is 3. The minimum absolute atomic E-state index is 0.270. The first-order valence-electron chi connectivity index (χ1n) is 9.74. The highest BCUT2D eigenvalue weighted by Crippen LogP contribution is 2.34. The molecule has 0 aliphatic heterocycles. The molecule has 4 heterocycles. The molecule has 31 heavy (non-hydrogen) atoms. The first kappa shape index (κ1) is 17.5. The Morgan fingerprint density at radius 1 is 0.710 bits per heavy atom. The fraction of sp³-hybridized carbons (Fsp3) is 0. The lowest BCUT2D eigenvalue weighted by molar-refractivity contribution is 0.628. The smallest absolute Gasteiger partial charge is 0.123 e. The SMILES string of the molecule is Fc1ccc(-c2nccc3[nH]c(-c4n[nH]c5ccc(-c6cncnc6)cc45)cc23)cc1. The standard InChI is InChI=1S/C24H15FN6/c25-17-4-1-14(2-5-17)23-19-10-22(29-20(19)7-8-28-23)24-18-9-15(3-6-21(18)30-31-24)16-11-26-13-27-12-16/h1-13,29H,(H,30,31). The molecule has 6 rings (SSSR count). The lowest BCUT2D eigenvalue weighted by Crippen LogP contribution is -1.84. The lowest BCUT2D eigenvalue weighted by atomic mass is 10.0. The van der Waals surface area contributed by atoms with Crippen molar-refractivity contribution in [1.82, 2.24) is 30.1 Å². The molecule has 0 bridgehead atoms. The lowest BCUT2D eigenvalue weighted by Gasteiger charge is -2.02. The van der Waals surface area contributed by atoms with Gasteiger partial charge in [0.05, 0.1) is 16.9 Å². The van der Waals surface area contributed by atoms with Crippen molar-refractivity contribution in [1.29, 1.82) is 0 Å². The molecule has 0 spiro atoms. The average molecular weight is 406 g/mol. The molecule has 2 N–H and O–H groups in total. The number of fused-ring (bicyclic) bond motifs is 2. The zero-order valence-electron chi connectivity index (χ0n) is 16.2. The van der Waals surface area contributed by atoms with Crippen LogP contribution in [0.3, 0.4) is 0 Å². The van der Waals surface area contributed by atoms with Crippen LogP contribution in [-0.4, -0.2) is 30.1 Å². The van der Waals surface area contributed by atoms with Crippen molar-refractivity contribution in [3.05, 3.63) is 85.3 Å². The second kappa shape index (κ2) is 6.84. The van der Waals surface area contributed by atoms with Gasteiger partial charge in [-0.15, -0.1) is 0 Å². The van der Waals surface area contributed by atoms with E-state index in [0.717, 1.165) is 55.6 Å². The topological polar surface area (TPSA) is 83.1 Å². The molecule has 2 aromatic carbocycles. The molecule has 6 aromatic rings. The maximum atomic E-state index is 13.4. The van der Waals surface area contributed by atoms with Gasteiger partial charge in [0.25, 0.3) is 0 Å². The predicted octanol–water partition coefficient (Wildman–Crippen LogP) is 5.37. The van der Waals surface area contributed by atoms with Gasteiger partial charge in [-0.1, -0.05) is 6.07 Å². The zero-order chi connectivity index (χ0) is 20.8. The number of nitrogens with one attached hydrogen (secondary N) is 2. The third kappa shape index (κ3) is 2.95. The van der Waals surface area contributed by atoms with E-state index in [1.165, 1.54) is 18.5 Å². The summed E-state index contributed by atoms with van der Waals surface area (Å²) in [4.78, 5) is 16.2. The highest BCUT2D eigenvalue weighted by Gasteiger charge is 2.15. The van der Waals surface area contributed by atoms with Gasteiger partial charge < -0.3 is 4.98 Å². The van der Waals surface area contributed by atoms with Crippen LogP contribution < -0.4 is 0 Å². The van der Waals surface area contributed by atoms with Gasteiger partial charge in [-0.25, -0.2) is 14.4 Å². The summed E-state index contributed by atoms with van der Waals surface area (Å²) in [6.45, 7) is 0. The van der Waals surface area contributed by atoms with Crippen LogP contribution in [-0.2, 0) is 0 Å². The molecule has 6 nitrogen and oxygen atoms in total. The number of hydrogen-bond donors (Lipinski definition) is 2. The molecule has 0 aliphatic rings. The average Bonchev–Trinajstić information content (AvgIpc) is 3.43. The van der Waals surface area contributed by atoms with E-state index >= 15 is 0 Å². The minimum Gasteiger partial charge on any atom is -0.353 e. The molecule has 4 aromatic heterocycles. The Hall–Kier alpha value is -4.39. The van der Waals surface area contributed by atoms with Gasteiger partial charge in [-0.05, 0) is 54.1 Å². The number of pyridine rings is 1. The van der Waals surface area contributed by atoms with Crippen molar-refractivity contribution < 1.29 is 4.39 Å². The van der Waals surface area contributed by atoms with E-state index in [1.54, 1.807) is 30.7 Å². The quantitative estimate of drug-likeness (QED) is 0.414. The molecule has 0 fully saturated rings. The molecule has 0 saturated heterocycles. The Kier molecular flexibility index (Phi) is 3.86. The number of benzene rings is 2. The monoisotopic (exact) mass is 406 g/mol. The second-order valence-corrected chi connectivity index (χ2v) is 7.27. The first-order chi connectivity index (χ1) is 15.3. The first-order valence-corrected chi connectivity index (χ1v) is 9.74. The maximum Gasteiger partial charge on any atom is 0.123 e. The summed E-state index contributed by atoms with van der Waals surface area (Å²) in [5.74, 6) is -0.270. The molecule has 0 radical (unpaired) electrons. The predicted molar refractivity (Wildman–Crippen MR) is 118 cm³/mol. The highest BCUT2D eigenvalue weighted by molar-refractivity contribution is 6.00. The Labute approximate surface area is 175 Å². The zero-order valence-corrected chi connectivity index (χ0v) is 16.2. The third-order valence-corrected chi connectivity index (χ3v) is 5.38. The van der Waals surface area contributed by atoms with Gasteiger partial charge in [0.1, 0.15) is 17.8 Å². The summed E-state index contributed by atoms with van der Waals surface area (Å²) in [7, 11) is 0. The van der Waals surface area contributed by atoms with Crippen LogP contribution in [0.15, 0.2) is 79.5 Å². The Morgan fingerprint density at radius 3 is 2.32 bits per heavy atom. The molecule has 0 aliphatic carbocycles. The van der Waals surface area contributed by atoms with Crippen LogP contribution in [0.5, 0.6) is 0 Å². The molecule has 7 heteroatoms. The number of aromatic amines is 2. The van der Waals surface area contributed by atoms with Gasteiger partial charge in [-0.2, -0.15) is 5.10 Å². The van der Waals surface area contributed by atoms with Crippen LogP contribution in [0.1, 0.15) is 0 Å². The molecule has 0 saturated carbocycles. The number of nitrogens with zero attached hydrogens (tertiary/aromatic N) is 4. The number of H-pyrrole nitrogens is 2. The fourth-order valence-electron chi connectivity index (χ4n) is 3.87. The molecule has 0 amide bonds. The van der Waals surface area contributed by atoms with Crippen LogP contribution >= 0.6 is 0 Å². The van der Waals surface area contributed by atoms with E-state index < -0.39 is 0 Å². The highest BCUT2D eigenvalue weighted by atomic mass is 19.1. The van der Waals surface area contributed by atoms with E-state index in [1.807, 2.05) is 24.3 Å². The number of halogens is 1. The summed E-state index contributed by atoms with van der Waals surface area (Å²) in [5, 5.41) is 9.60. The molecular formula is C24H15FN6. The largest absolute Gasteiger partial charge is 0.353 e. The Bertz CT molecular complexity index is 1530. The molecule has 0 unspecified atom stereocenters.